The summed E-state index contributed by atoms with van der Waals surface area (Å²) in [4.78, 5) is 33.4. The SMILES string of the molecule is CC(C)(C)[S+]([O-])N[C@@H]1c2ccccc2CC12CCN(c1ncc(C#CCOc3ccc(C(N)=O)cc3)c(=O)[nH]1)CC2. The Hall–Kier alpha value is -3.78. The smallest absolute Gasteiger partial charge is 0.268 e. The number of ether oxygens (including phenoxy) is 1. The minimum Gasteiger partial charge on any atom is -0.598 e. The maximum Gasteiger partial charge on any atom is 0.268 e. The third kappa shape index (κ3) is 6.27. The number of hydrogen-bond acceptors (Lipinski definition) is 7. The van der Waals surface area contributed by atoms with E-state index in [1.807, 2.05) is 20.8 Å². The number of carbonyl (C=O) groups is 1. The van der Waals surface area contributed by atoms with Crippen LogP contribution < -0.4 is 25.7 Å². The van der Waals surface area contributed by atoms with Crippen LogP contribution in [-0.2, 0) is 17.8 Å². The fraction of sp³-hybridized carbons (Fsp3) is 0.387. The zero-order valence-electron chi connectivity index (χ0n) is 23.5. The maximum absolute atomic E-state index is 13.1. The number of anilines is 1. The summed E-state index contributed by atoms with van der Waals surface area (Å²) < 4.78 is 21.8. The molecule has 0 saturated carbocycles. The molecule has 0 radical (unpaired) electrons. The lowest BCUT2D eigenvalue weighted by molar-refractivity contribution is 0.1000. The van der Waals surface area contributed by atoms with Crippen molar-refractivity contribution in [2.75, 3.05) is 24.6 Å². The number of aromatic nitrogens is 2. The number of hydrogen-bond donors (Lipinski definition) is 3. The van der Waals surface area contributed by atoms with Gasteiger partial charge in [0.1, 0.15) is 22.7 Å². The Bertz CT molecular complexity index is 1530. The van der Waals surface area contributed by atoms with Crippen molar-refractivity contribution in [3.05, 3.63) is 87.3 Å². The second-order valence-electron chi connectivity index (χ2n) is 11.6. The summed E-state index contributed by atoms with van der Waals surface area (Å²) in [7, 11) is 0. The number of fused-ring (bicyclic) bond motifs is 1. The third-order valence-corrected chi connectivity index (χ3v) is 9.38. The Morgan fingerprint density at radius 3 is 2.59 bits per heavy atom. The normalized spacial score (nSPS) is 18.3. The summed E-state index contributed by atoms with van der Waals surface area (Å²) in [6, 6.07) is 14.9. The molecule has 1 fully saturated rings. The molecule has 9 nitrogen and oxygen atoms in total. The van der Waals surface area contributed by atoms with Crippen LogP contribution in [0.1, 0.15) is 66.7 Å². The van der Waals surface area contributed by atoms with Crippen LogP contribution in [0.15, 0.2) is 59.5 Å². The summed E-state index contributed by atoms with van der Waals surface area (Å²) in [5, 5.41) is 0. The molecule has 214 valence electrons. The van der Waals surface area contributed by atoms with E-state index in [0.29, 0.717) is 17.3 Å². The van der Waals surface area contributed by atoms with Gasteiger partial charge in [0.15, 0.2) is 0 Å². The molecule has 2 heterocycles. The van der Waals surface area contributed by atoms with Gasteiger partial charge in [-0.05, 0) is 75.4 Å². The number of piperidine rings is 1. The molecule has 2 aliphatic rings. The Morgan fingerprint density at radius 2 is 1.93 bits per heavy atom. The van der Waals surface area contributed by atoms with Crippen LogP contribution in [0.4, 0.5) is 5.95 Å². The van der Waals surface area contributed by atoms with Crippen molar-refractivity contribution in [2.45, 2.75) is 50.8 Å². The molecule has 4 N–H and O–H groups in total. The van der Waals surface area contributed by atoms with E-state index in [9.17, 15) is 14.1 Å². The molecule has 1 spiro atoms. The van der Waals surface area contributed by atoms with Crippen molar-refractivity contribution < 1.29 is 14.1 Å². The first-order valence-electron chi connectivity index (χ1n) is 13.7. The van der Waals surface area contributed by atoms with Crippen LogP contribution >= 0.6 is 0 Å². The molecule has 1 saturated heterocycles. The van der Waals surface area contributed by atoms with Crippen LogP contribution in [-0.4, -0.2) is 44.9 Å². The van der Waals surface area contributed by atoms with Gasteiger partial charge in [-0.1, -0.05) is 36.1 Å². The number of nitrogens with one attached hydrogen (secondary N) is 2. The lowest BCUT2D eigenvalue weighted by Crippen LogP contribution is -2.50. The minimum absolute atomic E-state index is 0.00822. The fourth-order valence-electron chi connectivity index (χ4n) is 5.49. The van der Waals surface area contributed by atoms with Crippen LogP contribution in [0.2, 0.25) is 0 Å². The average molecular weight is 574 g/mol. The number of carbonyl (C=O) groups excluding carboxylic acids is 1. The molecule has 0 bridgehead atoms. The first-order valence-corrected chi connectivity index (χ1v) is 14.8. The Balaban J connectivity index is 1.22. The van der Waals surface area contributed by atoms with E-state index in [4.69, 9.17) is 10.5 Å². The molecule has 5 rings (SSSR count). The number of rotatable bonds is 6. The quantitative estimate of drug-likeness (QED) is 0.304. The predicted molar refractivity (Wildman–Crippen MR) is 160 cm³/mol. The summed E-state index contributed by atoms with van der Waals surface area (Å²) in [6.07, 6.45) is 4.19. The van der Waals surface area contributed by atoms with Crippen LogP contribution in [0.3, 0.4) is 0 Å². The van der Waals surface area contributed by atoms with E-state index in [1.165, 1.54) is 17.3 Å². The molecule has 3 aromatic rings. The second kappa shape index (κ2) is 11.6. The monoisotopic (exact) mass is 573 g/mol. The van der Waals surface area contributed by atoms with Gasteiger partial charge >= 0.3 is 0 Å². The van der Waals surface area contributed by atoms with Crippen molar-refractivity contribution in [3.8, 4) is 17.6 Å². The van der Waals surface area contributed by atoms with Gasteiger partial charge in [0.2, 0.25) is 11.9 Å². The largest absolute Gasteiger partial charge is 0.598 e. The van der Waals surface area contributed by atoms with Gasteiger partial charge < -0.3 is 19.9 Å². The molecule has 10 heteroatoms. The molecule has 2 atom stereocenters. The lowest BCUT2D eigenvalue weighted by Gasteiger charge is -2.44. The Morgan fingerprint density at radius 1 is 1.22 bits per heavy atom. The summed E-state index contributed by atoms with van der Waals surface area (Å²) >= 11 is -1.19. The van der Waals surface area contributed by atoms with Gasteiger partial charge in [-0.25, -0.2) is 4.98 Å². The molecule has 1 aliphatic carbocycles. The van der Waals surface area contributed by atoms with E-state index >= 15 is 0 Å². The first-order chi connectivity index (χ1) is 19.6. The highest BCUT2D eigenvalue weighted by molar-refractivity contribution is 7.90. The number of aromatic amines is 1. The highest BCUT2D eigenvalue weighted by atomic mass is 32.2. The maximum atomic E-state index is 13.1. The van der Waals surface area contributed by atoms with Crippen molar-refractivity contribution in [1.82, 2.24) is 14.7 Å². The minimum atomic E-state index is -1.19. The summed E-state index contributed by atoms with van der Waals surface area (Å²) in [5.41, 5.74) is 8.09. The molecule has 1 aromatic heterocycles. The second-order valence-corrected chi connectivity index (χ2v) is 13.6. The van der Waals surface area contributed by atoms with Gasteiger partial charge in [0.05, 0.1) is 12.2 Å². The molecule has 1 amide bonds. The van der Waals surface area contributed by atoms with Crippen LogP contribution in [0.25, 0.3) is 0 Å². The number of nitrogens with zero attached hydrogens (tertiary/aromatic N) is 2. The summed E-state index contributed by atoms with van der Waals surface area (Å²) in [5.74, 6) is 6.21. The van der Waals surface area contributed by atoms with Gasteiger partial charge in [0.25, 0.3) is 5.56 Å². The number of primary amides is 1. The number of benzene rings is 2. The van der Waals surface area contributed by atoms with Crippen LogP contribution in [0, 0.1) is 17.3 Å². The highest BCUT2D eigenvalue weighted by Crippen LogP contribution is 2.52. The lowest BCUT2D eigenvalue weighted by atomic mass is 9.73. The molecule has 1 unspecified atom stereocenters. The van der Waals surface area contributed by atoms with E-state index in [1.54, 1.807) is 24.3 Å². The van der Waals surface area contributed by atoms with Crippen molar-refractivity contribution in [3.63, 3.8) is 0 Å². The predicted octanol–water partition coefficient (Wildman–Crippen LogP) is 3.24. The van der Waals surface area contributed by atoms with Crippen molar-refractivity contribution >= 4 is 23.2 Å². The molecule has 41 heavy (non-hydrogen) atoms. The highest BCUT2D eigenvalue weighted by Gasteiger charge is 2.50. The zero-order valence-corrected chi connectivity index (χ0v) is 24.3. The Labute approximate surface area is 243 Å². The van der Waals surface area contributed by atoms with Gasteiger partial charge in [0, 0.05) is 35.4 Å². The van der Waals surface area contributed by atoms with E-state index in [-0.39, 0.29) is 33.9 Å². The topological polar surface area (TPSA) is 136 Å². The molecular formula is C31H35N5O4S. The number of H-pyrrole nitrogens is 1. The van der Waals surface area contributed by atoms with Crippen molar-refractivity contribution in [2.24, 2.45) is 11.1 Å². The van der Waals surface area contributed by atoms with E-state index < -0.39 is 17.3 Å². The molecule has 1 aliphatic heterocycles. The number of nitrogens with two attached hydrogens (primary N) is 1. The van der Waals surface area contributed by atoms with Gasteiger partial charge in [-0.2, -0.15) is 0 Å². The van der Waals surface area contributed by atoms with Crippen molar-refractivity contribution in [1.29, 1.82) is 0 Å². The van der Waals surface area contributed by atoms with E-state index in [2.05, 4.69) is 55.7 Å². The zero-order chi connectivity index (χ0) is 29.2. The van der Waals surface area contributed by atoms with E-state index in [0.717, 1.165) is 32.4 Å². The Kier molecular flexibility index (Phi) is 8.13. The molecule has 2 aromatic carbocycles. The van der Waals surface area contributed by atoms with Gasteiger partial charge in [-0.3, -0.25) is 14.6 Å². The fourth-order valence-corrected chi connectivity index (χ4v) is 6.44. The number of amides is 1. The average Bonchev–Trinajstić information content (AvgIpc) is 3.24. The van der Waals surface area contributed by atoms with Crippen LogP contribution in [0.5, 0.6) is 5.75 Å². The first kappa shape index (κ1) is 28.7. The third-order valence-electron chi connectivity index (χ3n) is 7.82. The summed E-state index contributed by atoms with van der Waals surface area (Å²) in [6.45, 7) is 7.49. The molecular weight excluding hydrogens is 538 g/mol. The standard InChI is InChI=1S/C31H35N5O4S/c1-30(2,3)41(39)35-26-25-9-5-4-7-22(25)19-31(26)14-16-36(17-15-31)29-33-20-23(28(38)34-29)8-6-18-40-24-12-10-21(11-13-24)27(32)37/h4-5,7,9-13,20,26,35H,14-19H2,1-3H3,(H2,32,37)(H,33,34,38)/t26-,41?/m1/s1. The van der Waals surface area contributed by atoms with Gasteiger partial charge in [-0.15, -0.1) is 4.72 Å².